The van der Waals surface area contributed by atoms with Gasteiger partial charge in [0.05, 0.1) is 19.8 Å². The van der Waals surface area contributed by atoms with Crippen LogP contribution in [0.25, 0.3) is 11.5 Å². The minimum atomic E-state index is 0.586. The first kappa shape index (κ1) is 15.1. The zero-order valence-electron chi connectivity index (χ0n) is 12.9. The molecule has 22 heavy (non-hydrogen) atoms. The average Bonchev–Trinajstić information content (AvgIpc) is 3.02. The van der Waals surface area contributed by atoms with Crippen LogP contribution in [-0.2, 0) is 11.3 Å². The van der Waals surface area contributed by atoms with Gasteiger partial charge in [0, 0.05) is 31.7 Å². The number of rotatable bonds is 6. The molecule has 1 saturated heterocycles. The summed E-state index contributed by atoms with van der Waals surface area (Å²) in [5.74, 6) is 1.21. The molecule has 0 aliphatic carbocycles. The minimum Gasteiger partial charge on any atom is -0.419 e. The Balaban J connectivity index is 1.47. The molecule has 6 heteroatoms. The minimum absolute atomic E-state index is 0.586. The Bertz CT molecular complexity index is 593. The Morgan fingerprint density at radius 3 is 2.82 bits per heavy atom. The Hall–Kier alpha value is -1.76. The summed E-state index contributed by atoms with van der Waals surface area (Å²) in [6.45, 7) is 8.26. The monoisotopic (exact) mass is 302 g/mol. The van der Waals surface area contributed by atoms with Crippen LogP contribution >= 0.6 is 0 Å². The van der Waals surface area contributed by atoms with Gasteiger partial charge in [-0.2, -0.15) is 0 Å². The number of benzene rings is 1. The lowest BCUT2D eigenvalue weighted by atomic mass is 10.1. The number of nitrogens with one attached hydrogen (secondary N) is 1. The summed E-state index contributed by atoms with van der Waals surface area (Å²) in [7, 11) is 0. The highest BCUT2D eigenvalue weighted by atomic mass is 16.5. The number of aryl methyl sites for hydroxylation is 1. The number of nitrogens with zero attached hydrogens (tertiary/aromatic N) is 3. The summed E-state index contributed by atoms with van der Waals surface area (Å²) in [6.07, 6.45) is 0. The van der Waals surface area contributed by atoms with Crippen LogP contribution in [0.4, 0.5) is 0 Å². The normalized spacial score (nSPS) is 16.0. The van der Waals surface area contributed by atoms with E-state index in [1.54, 1.807) is 0 Å². The van der Waals surface area contributed by atoms with E-state index >= 15 is 0 Å². The maximum atomic E-state index is 5.72. The number of hydrogen-bond acceptors (Lipinski definition) is 6. The van der Waals surface area contributed by atoms with Crippen molar-refractivity contribution in [1.82, 2.24) is 20.4 Å². The van der Waals surface area contributed by atoms with E-state index in [1.165, 1.54) is 0 Å². The summed E-state index contributed by atoms with van der Waals surface area (Å²) in [5, 5.41) is 11.6. The van der Waals surface area contributed by atoms with Crippen molar-refractivity contribution in [2.24, 2.45) is 0 Å². The van der Waals surface area contributed by atoms with E-state index in [9.17, 15) is 0 Å². The average molecular weight is 302 g/mol. The van der Waals surface area contributed by atoms with Crippen LogP contribution in [0.2, 0.25) is 0 Å². The lowest BCUT2D eigenvalue weighted by molar-refractivity contribution is 0.0383. The second-order valence-electron chi connectivity index (χ2n) is 5.45. The van der Waals surface area contributed by atoms with Crippen molar-refractivity contribution in [3.05, 3.63) is 35.7 Å². The molecule has 1 aliphatic rings. The number of morpholine rings is 1. The molecule has 2 aromatic rings. The van der Waals surface area contributed by atoms with Crippen LogP contribution < -0.4 is 5.32 Å². The first-order chi connectivity index (χ1) is 10.8. The summed E-state index contributed by atoms with van der Waals surface area (Å²) in [6, 6.07) is 8.02. The Kier molecular flexibility index (Phi) is 5.15. The van der Waals surface area contributed by atoms with Gasteiger partial charge in [0.1, 0.15) is 0 Å². The van der Waals surface area contributed by atoms with Gasteiger partial charge < -0.3 is 14.5 Å². The molecule has 0 saturated carbocycles. The fraction of sp³-hybridized carbons (Fsp3) is 0.500. The predicted octanol–water partition coefficient (Wildman–Crippen LogP) is 1.47. The SMILES string of the molecule is Cc1ccccc1-c1nnc(CNCCN2CCOCC2)o1. The third kappa shape index (κ3) is 3.91. The summed E-state index contributed by atoms with van der Waals surface area (Å²) in [4.78, 5) is 2.39. The summed E-state index contributed by atoms with van der Waals surface area (Å²) >= 11 is 0. The lowest BCUT2D eigenvalue weighted by Gasteiger charge is -2.26. The first-order valence-corrected chi connectivity index (χ1v) is 7.72. The van der Waals surface area contributed by atoms with Gasteiger partial charge in [0.15, 0.2) is 0 Å². The Morgan fingerprint density at radius 1 is 1.18 bits per heavy atom. The third-order valence-corrected chi connectivity index (χ3v) is 3.83. The highest BCUT2D eigenvalue weighted by molar-refractivity contribution is 5.57. The predicted molar refractivity (Wildman–Crippen MR) is 83.4 cm³/mol. The number of ether oxygens (including phenoxy) is 1. The second-order valence-corrected chi connectivity index (χ2v) is 5.45. The maximum Gasteiger partial charge on any atom is 0.248 e. The van der Waals surface area contributed by atoms with E-state index in [0.29, 0.717) is 18.3 Å². The van der Waals surface area contributed by atoms with Crippen LogP contribution in [0, 0.1) is 6.92 Å². The van der Waals surface area contributed by atoms with E-state index in [2.05, 4.69) is 20.4 Å². The third-order valence-electron chi connectivity index (χ3n) is 3.83. The van der Waals surface area contributed by atoms with Crippen LogP contribution in [0.15, 0.2) is 28.7 Å². The zero-order chi connectivity index (χ0) is 15.2. The van der Waals surface area contributed by atoms with Crippen molar-refractivity contribution >= 4 is 0 Å². The summed E-state index contributed by atoms with van der Waals surface area (Å²) < 4.78 is 11.1. The van der Waals surface area contributed by atoms with Gasteiger partial charge in [-0.3, -0.25) is 4.90 Å². The Labute approximate surface area is 130 Å². The highest BCUT2D eigenvalue weighted by Crippen LogP contribution is 2.21. The van der Waals surface area contributed by atoms with Gasteiger partial charge in [0.25, 0.3) is 0 Å². The molecular formula is C16H22N4O2. The van der Waals surface area contributed by atoms with Gasteiger partial charge in [-0.05, 0) is 18.6 Å². The van der Waals surface area contributed by atoms with Crippen molar-refractivity contribution in [2.45, 2.75) is 13.5 Å². The number of aromatic nitrogens is 2. The maximum absolute atomic E-state index is 5.72. The summed E-state index contributed by atoms with van der Waals surface area (Å²) in [5.41, 5.74) is 2.13. The van der Waals surface area contributed by atoms with Gasteiger partial charge in [-0.15, -0.1) is 10.2 Å². The zero-order valence-corrected chi connectivity index (χ0v) is 12.9. The molecule has 1 aliphatic heterocycles. The lowest BCUT2D eigenvalue weighted by Crippen LogP contribution is -2.40. The Morgan fingerprint density at radius 2 is 2.00 bits per heavy atom. The molecule has 1 fully saturated rings. The standard InChI is InChI=1S/C16H22N4O2/c1-13-4-2-3-5-14(13)16-19-18-15(22-16)12-17-6-7-20-8-10-21-11-9-20/h2-5,17H,6-12H2,1H3. The van der Waals surface area contributed by atoms with E-state index in [1.807, 2.05) is 31.2 Å². The molecule has 1 aromatic carbocycles. The van der Waals surface area contributed by atoms with Gasteiger partial charge in [0.2, 0.25) is 11.8 Å². The topological polar surface area (TPSA) is 63.4 Å². The highest BCUT2D eigenvalue weighted by Gasteiger charge is 2.11. The second kappa shape index (κ2) is 7.49. The largest absolute Gasteiger partial charge is 0.419 e. The molecule has 0 atom stereocenters. The van der Waals surface area contributed by atoms with Crippen LogP contribution in [0.3, 0.4) is 0 Å². The molecule has 0 unspecified atom stereocenters. The van der Waals surface area contributed by atoms with Gasteiger partial charge in [-0.1, -0.05) is 18.2 Å². The fourth-order valence-corrected chi connectivity index (χ4v) is 2.50. The van der Waals surface area contributed by atoms with Crippen molar-refractivity contribution in [1.29, 1.82) is 0 Å². The number of hydrogen-bond donors (Lipinski definition) is 1. The van der Waals surface area contributed by atoms with Crippen LogP contribution in [0.1, 0.15) is 11.5 Å². The van der Waals surface area contributed by atoms with Crippen molar-refractivity contribution in [2.75, 3.05) is 39.4 Å². The van der Waals surface area contributed by atoms with Crippen molar-refractivity contribution in [3.63, 3.8) is 0 Å². The molecule has 0 radical (unpaired) electrons. The van der Waals surface area contributed by atoms with E-state index < -0.39 is 0 Å². The van der Waals surface area contributed by atoms with Crippen LogP contribution in [0.5, 0.6) is 0 Å². The fourth-order valence-electron chi connectivity index (χ4n) is 2.50. The molecule has 3 rings (SSSR count). The van der Waals surface area contributed by atoms with Gasteiger partial charge >= 0.3 is 0 Å². The molecule has 118 valence electrons. The first-order valence-electron chi connectivity index (χ1n) is 7.72. The molecule has 0 spiro atoms. The van der Waals surface area contributed by atoms with E-state index in [4.69, 9.17) is 9.15 Å². The molecule has 0 bridgehead atoms. The van der Waals surface area contributed by atoms with Gasteiger partial charge in [-0.25, -0.2) is 0 Å². The smallest absolute Gasteiger partial charge is 0.248 e. The van der Waals surface area contributed by atoms with Crippen molar-refractivity contribution in [3.8, 4) is 11.5 Å². The van der Waals surface area contributed by atoms with E-state index in [0.717, 1.165) is 50.5 Å². The van der Waals surface area contributed by atoms with Crippen LogP contribution in [-0.4, -0.2) is 54.5 Å². The molecule has 0 amide bonds. The molecule has 2 heterocycles. The van der Waals surface area contributed by atoms with Crippen molar-refractivity contribution < 1.29 is 9.15 Å². The molecule has 6 nitrogen and oxygen atoms in total. The molecule has 1 aromatic heterocycles. The molecular weight excluding hydrogens is 280 g/mol. The van der Waals surface area contributed by atoms with E-state index in [-0.39, 0.29) is 0 Å². The molecule has 1 N–H and O–H groups in total. The quantitative estimate of drug-likeness (QED) is 0.815.